The molecular weight excluding hydrogens is 406 g/mol. The van der Waals surface area contributed by atoms with Crippen molar-refractivity contribution < 1.29 is 147 Å². The normalized spacial score (nSPS) is 12.0. The molecule has 0 aliphatic heterocycles. The number of hydrogen-bond donors (Lipinski definition) is 0. The van der Waals surface area contributed by atoms with E-state index in [1.54, 1.807) is 0 Å². The van der Waals surface area contributed by atoms with Gasteiger partial charge < -0.3 is 28.7 Å². The summed E-state index contributed by atoms with van der Waals surface area (Å²) in [6.07, 6.45) is 5.38. The first-order chi connectivity index (χ1) is 9.44. The molecule has 0 saturated carbocycles. The van der Waals surface area contributed by atoms with Gasteiger partial charge in [0.05, 0.1) is 0 Å². The molecule has 126 valence electrons. The fraction of sp³-hybridized carbons (Fsp3) is 0.846. The van der Waals surface area contributed by atoms with E-state index >= 15 is 0 Å². The second-order valence-corrected chi connectivity index (χ2v) is 9.62. The van der Waals surface area contributed by atoms with Crippen molar-refractivity contribution in [1.82, 2.24) is 0 Å². The fourth-order valence-corrected chi connectivity index (χ4v) is 4.49. The van der Waals surface area contributed by atoms with Crippen molar-refractivity contribution in [2.45, 2.75) is 64.7 Å². The molecule has 0 radical (unpaired) electrons. The Morgan fingerprint density at radius 2 is 1.24 bits per heavy atom. The van der Waals surface area contributed by atoms with Crippen molar-refractivity contribution in [3.63, 3.8) is 0 Å². The summed E-state index contributed by atoms with van der Waals surface area (Å²) in [5.41, 5.74) is 1.26. The van der Waals surface area contributed by atoms with Gasteiger partial charge in [-0.15, -0.1) is 0 Å². The molecule has 0 fully saturated rings. The van der Waals surface area contributed by atoms with E-state index in [2.05, 4.69) is 13.0 Å². The van der Waals surface area contributed by atoms with Gasteiger partial charge in [-0.25, -0.2) is 0 Å². The van der Waals surface area contributed by atoms with E-state index in [0.29, 0.717) is 12.3 Å². The van der Waals surface area contributed by atoms with Crippen molar-refractivity contribution >= 4 is 15.2 Å². The van der Waals surface area contributed by atoms with Crippen molar-refractivity contribution in [2.75, 3.05) is 0 Å². The second kappa shape index (κ2) is 20.0. The quantitative estimate of drug-likeness (QED) is 0.147. The molecular formula is C13H24Na4O6P2. The Kier molecular flexibility index (Phi) is 31.6. The predicted octanol–water partition coefficient (Wildman–Crippen LogP) is -10.9. The molecule has 0 unspecified atom stereocenters. The Balaban J connectivity index is -0.000000333. The fourth-order valence-electron chi connectivity index (χ4n) is 2.11. The Morgan fingerprint density at radius 1 is 0.840 bits per heavy atom. The first kappa shape index (κ1) is 39.5. The number of hydrogen-bond acceptors (Lipinski definition) is 6. The molecule has 0 spiro atoms. The molecule has 1 atom stereocenters. The summed E-state index contributed by atoms with van der Waals surface area (Å²) in [4.78, 5) is 43.2. The smallest absolute Gasteiger partial charge is 0.810 e. The maximum atomic E-state index is 10.8. The molecule has 0 aromatic heterocycles. The van der Waals surface area contributed by atoms with Crippen molar-refractivity contribution in [3.05, 3.63) is 11.6 Å². The SMILES string of the molecule is CC(C)=CCC[C@H](C)CCCCC(P(=O)([O-])[O-])P(=O)([O-])[O-].[Na+].[Na+].[Na+].[Na+]. The maximum Gasteiger partial charge on any atom is 1.00 e. The van der Waals surface area contributed by atoms with E-state index in [-0.39, 0.29) is 125 Å². The largest absolute Gasteiger partial charge is 1.00 e. The van der Waals surface area contributed by atoms with Crippen LogP contribution in [-0.4, -0.2) is 5.40 Å². The Morgan fingerprint density at radius 3 is 1.60 bits per heavy atom. The van der Waals surface area contributed by atoms with Crippen molar-refractivity contribution in [1.29, 1.82) is 0 Å². The Bertz CT molecular complexity index is 412. The molecule has 0 aliphatic carbocycles. The third-order valence-corrected chi connectivity index (χ3v) is 7.02. The summed E-state index contributed by atoms with van der Waals surface area (Å²) in [6, 6.07) is 0. The van der Waals surface area contributed by atoms with Gasteiger partial charge >= 0.3 is 118 Å². The molecule has 0 bridgehead atoms. The molecule has 6 nitrogen and oxygen atoms in total. The third-order valence-electron chi connectivity index (χ3n) is 3.35. The van der Waals surface area contributed by atoms with Gasteiger partial charge in [0, 0.05) is 5.40 Å². The van der Waals surface area contributed by atoms with Crippen LogP contribution in [0.4, 0.5) is 0 Å². The van der Waals surface area contributed by atoms with Crippen LogP contribution >= 0.6 is 15.2 Å². The van der Waals surface area contributed by atoms with E-state index in [9.17, 15) is 28.7 Å². The topological polar surface area (TPSA) is 126 Å². The van der Waals surface area contributed by atoms with Gasteiger partial charge in [0.1, 0.15) is 0 Å². The van der Waals surface area contributed by atoms with Gasteiger partial charge in [-0.2, -0.15) is 0 Å². The van der Waals surface area contributed by atoms with Crippen LogP contribution < -0.4 is 138 Å². The van der Waals surface area contributed by atoms with Crippen molar-refractivity contribution in [2.24, 2.45) is 5.92 Å². The van der Waals surface area contributed by atoms with Gasteiger partial charge in [0.15, 0.2) is 0 Å². The van der Waals surface area contributed by atoms with Crippen LogP contribution in [0.15, 0.2) is 11.6 Å². The van der Waals surface area contributed by atoms with Crippen LogP contribution in [0.3, 0.4) is 0 Å². The zero-order valence-corrected chi connectivity index (χ0v) is 26.6. The molecule has 25 heavy (non-hydrogen) atoms. The summed E-state index contributed by atoms with van der Waals surface area (Å²) in [5, 5.41) is -2.30. The predicted molar refractivity (Wildman–Crippen MR) is 75.3 cm³/mol. The van der Waals surface area contributed by atoms with Gasteiger partial charge in [0.25, 0.3) is 0 Å². The first-order valence-corrected chi connectivity index (χ1v) is 10.3. The molecule has 12 heteroatoms. The van der Waals surface area contributed by atoms with Gasteiger partial charge in [-0.3, -0.25) is 0 Å². The van der Waals surface area contributed by atoms with E-state index in [4.69, 9.17) is 0 Å². The first-order valence-electron chi connectivity index (χ1n) is 7.11. The minimum Gasteiger partial charge on any atom is -0.810 e. The number of unbranched alkanes of at least 4 members (excludes halogenated alkanes) is 1. The molecule has 0 rings (SSSR count). The summed E-state index contributed by atoms with van der Waals surface area (Å²) >= 11 is 0. The number of allylic oxidation sites excluding steroid dienone is 2. The van der Waals surface area contributed by atoms with Crippen molar-refractivity contribution in [3.8, 4) is 0 Å². The minimum atomic E-state index is -5.39. The van der Waals surface area contributed by atoms with Gasteiger partial charge in [-0.1, -0.05) is 53.0 Å². The Hall–Kier alpha value is 4.04. The van der Waals surface area contributed by atoms with Crippen LogP contribution in [0.2, 0.25) is 0 Å². The van der Waals surface area contributed by atoms with E-state index in [1.165, 1.54) is 5.57 Å². The Labute approximate surface area is 240 Å². The molecule has 0 amide bonds. The van der Waals surface area contributed by atoms with Gasteiger partial charge in [0.2, 0.25) is 0 Å². The molecule has 0 N–H and O–H groups in total. The molecule has 0 aliphatic rings. The summed E-state index contributed by atoms with van der Waals surface area (Å²) in [6.45, 7) is 6.12. The third kappa shape index (κ3) is 22.5. The van der Waals surface area contributed by atoms with Crippen LogP contribution in [0, 0.1) is 5.92 Å². The zero-order chi connectivity index (χ0) is 16.7. The van der Waals surface area contributed by atoms with Gasteiger partial charge in [-0.05, 0) is 39.0 Å². The molecule has 0 saturated heterocycles. The summed E-state index contributed by atoms with van der Waals surface area (Å²) in [5.74, 6) is 0.427. The van der Waals surface area contributed by atoms with E-state index in [0.717, 1.165) is 19.3 Å². The van der Waals surface area contributed by atoms with E-state index < -0.39 is 27.0 Å². The van der Waals surface area contributed by atoms with Crippen LogP contribution in [-0.2, 0) is 9.13 Å². The average molecular weight is 430 g/mol. The number of rotatable bonds is 10. The standard InChI is InChI=1S/C13H28O6P2.4Na/c1-11(2)7-6-9-12(3)8-4-5-10-13(20(14,15)16)21(17,18)19;;;;/h7,12-13H,4-6,8-10H2,1-3H3,(H2,14,15,16)(H2,17,18,19);;;;/q;4*+1/p-4/t12-;;;;/m1..../s1. The molecule has 0 aromatic rings. The monoisotopic (exact) mass is 430 g/mol. The second-order valence-electron chi connectivity index (χ2n) is 5.81. The van der Waals surface area contributed by atoms with Crippen LogP contribution in [0.25, 0.3) is 0 Å². The van der Waals surface area contributed by atoms with Crippen LogP contribution in [0.5, 0.6) is 0 Å². The zero-order valence-electron chi connectivity index (χ0n) is 16.8. The average Bonchev–Trinajstić information content (AvgIpc) is 2.24. The summed E-state index contributed by atoms with van der Waals surface area (Å²) in [7, 11) is -10.8. The summed E-state index contributed by atoms with van der Waals surface area (Å²) < 4.78 is 21.6. The minimum absolute atomic E-state index is 0. The van der Waals surface area contributed by atoms with E-state index in [1.807, 2.05) is 13.8 Å². The maximum absolute atomic E-state index is 10.8. The molecule has 0 aromatic carbocycles. The molecule has 0 heterocycles. The van der Waals surface area contributed by atoms with Crippen LogP contribution in [0.1, 0.15) is 59.3 Å².